The van der Waals surface area contributed by atoms with E-state index in [9.17, 15) is 0 Å². The van der Waals surface area contributed by atoms with Gasteiger partial charge in [0.15, 0.2) is 0 Å². The molecule has 112 valence electrons. The van der Waals surface area contributed by atoms with Crippen LogP contribution in [-0.2, 0) is 6.42 Å². The van der Waals surface area contributed by atoms with Crippen molar-refractivity contribution >= 4 is 5.69 Å². The predicted octanol–water partition coefficient (Wildman–Crippen LogP) is 4.17. The zero-order chi connectivity index (χ0) is 14.2. The molecular formula is C18H30N2. The lowest BCUT2D eigenvalue weighted by Gasteiger charge is -2.30. The van der Waals surface area contributed by atoms with E-state index in [0.717, 1.165) is 12.5 Å². The van der Waals surface area contributed by atoms with Crippen LogP contribution in [0.3, 0.4) is 0 Å². The van der Waals surface area contributed by atoms with Crippen LogP contribution in [0.25, 0.3) is 0 Å². The highest BCUT2D eigenvalue weighted by Gasteiger charge is 2.16. The number of nitrogens with zero attached hydrogens (tertiary/aromatic N) is 1. The van der Waals surface area contributed by atoms with E-state index >= 15 is 0 Å². The molecule has 2 heteroatoms. The first kappa shape index (κ1) is 15.4. The van der Waals surface area contributed by atoms with Crippen molar-refractivity contribution in [2.75, 3.05) is 32.0 Å². The number of anilines is 1. The second-order valence-electron chi connectivity index (χ2n) is 6.31. The van der Waals surface area contributed by atoms with Crippen molar-refractivity contribution < 1.29 is 0 Å². The molecule has 1 aromatic rings. The van der Waals surface area contributed by atoms with Crippen LogP contribution in [0, 0.1) is 5.92 Å². The molecule has 1 heterocycles. The quantitative estimate of drug-likeness (QED) is 0.751. The van der Waals surface area contributed by atoms with Crippen molar-refractivity contribution in [3.8, 4) is 0 Å². The van der Waals surface area contributed by atoms with Gasteiger partial charge >= 0.3 is 0 Å². The molecule has 1 saturated heterocycles. The van der Waals surface area contributed by atoms with Crippen LogP contribution in [0.5, 0.6) is 0 Å². The topological polar surface area (TPSA) is 15.3 Å². The van der Waals surface area contributed by atoms with Gasteiger partial charge in [-0.1, -0.05) is 31.9 Å². The van der Waals surface area contributed by atoms with Gasteiger partial charge in [0, 0.05) is 18.8 Å². The van der Waals surface area contributed by atoms with Crippen molar-refractivity contribution in [2.24, 2.45) is 5.92 Å². The zero-order valence-corrected chi connectivity index (χ0v) is 13.2. The van der Waals surface area contributed by atoms with E-state index < -0.39 is 0 Å². The van der Waals surface area contributed by atoms with Gasteiger partial charge in [-0.15, -0.1) is 0 Å². The number of piperidine rings is 1. The normalized spacial score (nSPS) is 20.0. The Labute approximate surface area is 124 Å². The van der Waals surface area contributed by atoms with Gasteiger partial charge in [0.25, 0.3) is 0 Å². The molecule has 0 saturated carbocycles. The molecule has 0 bridgehead atoms. The fourth-order valence-electron chi connectivity index (χ4n) is 3.07. The Kier molecular flexibility index (Phi) is 6.38. The molecule has 1 atom stereocenters. The van der Waals surface area contributed by atoms with Crippen molar-refractivity contribution in [1.29, 1.82) is 0 Å². The summed E-state index contributed by atoms with van der Waals surface area (Å²) < 4.78 is 0. The Hall–Kier alpha value is -1.02. The minimum absolute atomic E-state index is 0.804. The molecule has 1 unspecified atom stereocenters. The summed E-state index contributed by atoms with van der Waals surface area (Å²) in [5.74, 6) is 0.804. The van der Waals surface area contributed by atoms with Crippen LogP contribution >= 0.6 is 0 Å². The Morgan fingerprint density at radius 2 is 2.00 bits per heavy atom. The molecule has 1 aliphatic rings. The van der Waals surface area contributed by atoms with E-state index in [-0.39, 0.29) is 0 Å². The third-order valence-corrected chi connectivity index (χ3v) is 4.34. The van der Waals surface area contributed by atoms with Crippen LogP contribution in [-0.4, -0.2) is 31.6 Å². The van der Waals surface area contributed by atoms with E-state index in [4.69, 9.17) is 0 Å². The Morgan fingerprint density at radius 1 is 1.20 bits per heavy atom. The number of aryl methyl sites for hydroxylation is 1. The summed E-state index contributed by atoms with van der Waals surface area (Å²) in [6, 6.07) is 9.05. The lowest BCUT2D eigenvalue weighted by atomic mass is 9.98. The summed E-state index contributed by atoms with van der Waals surface area (Å²) in [5.41, 5.74) is 2.75. The van der Waals surface area contributed by atoms with E-state index in [2.05, 4.69) is 48.5 Å². The summed E-state index contributed by atoms with van der Waals surface area (Å²) in [6.07, 6.45) is 7.90. The minimum atomic E-state index is 0.804. The maximum absolute atomic E-state index is 3.60. The standard InChI is InChI=1S/C18H30N2/c1-3-4-5-7-16-9-11-18(12-10-16)19-14-17-8-6-13-20(2)15-17/h9-12,17,19H,3-8,13-15H2,1-2H3. The smallest absolute Gasteiger partial charge is 0.0340 e. The number of nitrogens with one attached hydrogen (secondary N) is 1. The van der Waals surface area contributed by atoms with E-state index in [1.807, 2.05) is 0 Å². The largest absolute Gasteiger partial charge is 0.385 e. The third kappa shape index (κ3) is 5.16. The number of benzene rings is 1. The Bertz CT molecular complexity index is 372. The predicted molar refractivity (Wildman–Crippen MR) is 88.4 cm³/mol. The molecule has 1 aromatic carbocycles. The molecule has 0 aliphatic carbocycles. The summed E-state index contributed by atoms with van der Waals surface area (Å²) in [7, 11) is 2.23. The summed E-state index contributed by atoms with van der Waals surface area (Å²) >= 11 is 0. The van der Waals surface area contributed by atoms with Crippen LogP contribution in [0.15, 0.2) is 24.3 Å². The highest BCUT2D eigenvalue weighted by atomic mass is 15.1. The number of unbranched alkanes of at least 4 members (excludes halogenated alkanes) is 2. The number of rotatable bonds is 7. The molecule has 1 N–H and O–H groups in total. The molecule has 0 amide bonds. The lowest BCUT2D eigenvalue weighted by Crippen LogP contribution is -2.35. The Morgan fingerprint density at radius 3 is 2.70 bits per heavy atom. The van der Waals surface area contributed by atoms with Gasteiger partial charge in [-0.2, -0.15) is 0 Å². The fraction of sp³-hybridized carbons (Fsp3) is 0.667. The summed E-state index contributed by atoms with van der Waals surface area (Å²) in [6.45, 7) is 5.88. The first-order chi connectivity index (χ1) is 9.78. The maximum Gasteiger partial charge on any atom is 0.0340 e. The second kappa shape index (κ2) is 8.31. The van der Waals surface area contributed by atoms with Crippen molar-refractivity contribution in [3.63, 3.8) is 0 Å². The van der Waals surface area contributed by atoms with Gasteiger partial charge in [-0.25, -0.2) is 0 Å². The highest BCUT2D eigenvalue weighted by molar-refractivity contribution is 5.44. The third-order valence-electron chi connectivity index (χ3n) is 4.34. The first-order valence-corrected chi connectivity index (χ1v) is 8.29. The lowest BCUT2D eigenvalue weighted by molar-refractivity contribution is 0.217. The van der Waals surface area contributed by atoms with Crippen LogP contribution in [0.4, 0.5) is 5.69 Å². The molecule has 1 fully saturated rings. The SMILES string of the molecule is CCCCCc1ccc(NCC2CCCN(C)C2)cc1. The van der Waals surface area contributed by atoms with Gasteiger partial charge in [0.05, 0.1) is 0 Å². The molecule has 2 nitrogen and oxygen atoms in total. The molecular weight excluding hydrogens is 244 g/mol. The Balaban J connectivity index is 1.73. The van der Waals surface area contributed by atoms with Gasteiger partial charge in [-0.3, -0.25) is 0 Å². The van der Waals surface area contributed by atoms with Crippen LogP contribution in [0.1, 0.15) is 44.6 Å². The molecule has 1 aliphatic heterocycles. The number of hydrogen-bond acceptors (Lipinski definition) is 2. The number of likely N-dealkylation sites (tertiary alicyclic amines) is 1. The van der Waals surface area contributed by atoms with Crippen molar-refractivity contribution in [1.82, 2.24) is 4.90 Å². The summed E-state index contributed by atoms with van der Waals surface area (Å²) in [5, 5.41) is 3.60. The molecule has 2 rings (SSSR count). The average Bonchev–Trinajstić information content (AvgIpc) is 2.47. The van der Waals surface area contributed by atoms with Gasteiger partial charge in [-0.05, 0) is 62.9 Å². The summed E-state index contributed by atoms with van der Waals surface area (Å²) in [4.78, 5) is 2.45. The molecule has 20 heavy (non-hydrogen) atoms. The van der Waals surface area contributed by atoms with Crippen molar-refractivity contribution in [2.45, 2.75) is 45.4 Å². The van der Waals surface area contributed by atoms with E-state index in [0.29, 0.717) is 0 Å². The minimum Gasteiger partial charge on any atom is -0.385 e. The molecule has 0 aromatic heterocycles. The van der Waals surface area contributed by atoms with Gasteiger partial charge in [0.2, 0.25) is 0 Å². The molecule has 0 spiro atoms. The first-order valence-electron chi connectivity index (χ1n) is 8.29. The van der Waals surface area contributed by atoms with Gasteiger partial charge in [0.1, 0.15) is 0 Å². The van der Waals surface area contributed by atoms with Crippen LogP contribution in [0.2, 0.25) is 0 Å². The zero-order valence-electron chi connectivity index (χ0n) is 13.2. The van der Waals surface area contributed by atoms with E-state index in [1.54, 1.807) is 0 Å². The average molecular weight is 274 g/mol. The van der Waals surface area contributed by atoms with Crippen molar-refractivity contribution in [3.05, 3.63) is 29.8 Å². The maximum atomic E-state index is 3.60. The molecule has 0 radical (unpaired) electrons. The van der Waals surface area contributed by atoms with Crippen LogP contribution < -0.4 is 5.32 Å². The van der Waals surface area contributed by atoms with Gasteiger partial charge < -0.3 is 10.2 Å². The highest BCUT2D eigenvalue weighted by Crippen LogP contribution is 2.17. The monoisotopic (exact) mass is 274 g/mol. The fourth-order valence-corrected chi connectivity index (χ4v) is 3.07. The number of hydrogen-bond donors (Lipinski definition) is 1. The second-order valence-corrected chi connectivity index (χ2v) is 6.31. The van der Waals surface area contributed by atoms with E-state index in [1.165, 1.54) is 62.9 Å².